The van der Waals surface area contributed by atoms with Gasteiger partial charge in [0.25, 0.3) is 11.8 Å². The lowest BCUT2D eigenvalue weighted by molar-refractivity contribution is -0.164. The summed E-state index contributed by atoms with van der Waals surface area (Å²) in [6.45, 7) is 3.43. The van der Waals surface area contributed by atoms with Crippen molar-refractivity contribution in [2.75, 3.05) is 19.8 Å². The van der Waals surface area contributed by atoms with Crippen LogP contribution in [0.3, 0.4) is 0 Å². The maximum absolute atomic E-state index is 12.2. The smallest absolute Gasteiger partial charge is 0.261 e. The van der Waals surface area contributed by atoms with Crippen LogP contribution in [0.15, 0.2) is 24.3 Å². The SMILES string of the molecule is CCC1(CCN2C(=O)c3ccccc3C2=O)OCCO1. The molecule has 0 atom stereocenters. The van der Waals surface area contributed by atoms with Gasteiger partial charge in [0.15, 0.2) is 5.79 Å². The zero-order valence-electron chi connectivity index (χ0n) is 11.4. The van der Waals surface area contributed by atoms with Crippen molar-refractivity contribution in [2.24, 2.45) is 0 Å². The minimum Gasteiger partial charge on any atom is -0.347 e. The summed E-state index contributed by atoms with van der Waals surface area (Å²) in [7, 11) is 0. The molecule has 1 saturated heterocycles. The Balaban J connectivity index is 1.74. The molecule has 0 saturated carbocycles. The molecule has 1 aromatic rings. The summed E-state index contributed by atoms with van der Waals surface area (Å²) < 4.78 is 11.3. The number of imide groups is 1. The van der Waals surface area contributed by atoms with Crippen LogP contribution in [0.5, 0.6) is 0 Å². The first kappa shape index (κ1) is 13.3. The number of rotatable bonds is 4. The van der Waals surface area contributed by atoms with E-state index < -0.39 is 5.79 Å². The summed E-state index contributed by atoms with van der Waals surface area (Å²) in [5.74, 6) is -1.10. The van der Waals surface area contributed by atoms with Crippen LogP contribution in [0.25, 0.3) is 0 Å². The van der Waals surface area contributed by atoms with Crippen LogP contribution in [0, 0.1) is 0 Å². The molecule has 0 aliphatic carbocycles. The lowest BCUT2D eigenvalue weighted by atomic mass is 10.1. The summed E-state index contributed by atoms with van der Waals surface area (Å²) >= 11 is 0. The number of amides is 2. The van der Waals surface area contributed by atoms with Crippen LogP contribution >= 0.6 is 0 Å². The van der Waals surface area contributed by atoms with Crippen LogP contribution in [0.2, 0.25) is 0 Å². The van der Waals surface area contributed by atoms with E-state index in [1.807, 2.05) is 6.92 Å². The highest BCUT2D eigenvalue weighted by Gasteiger charge is 2.39. The second-order valence-corrected chi connectivity index (χ2v) is 5.02. The topological polar surface area (TPSA) is 55.8 Å². The van der Waals surface area contributed by atoms with Crippen molar-refractivity contribution in [2.45, 2.75) is 25.6 Å². The van der Waals surface area contributed by atoms with Gasteiger partial charge in [0, 0.05) is 13.0 Å². The molecule has 2 aliphatic rings. The van der Waals surface area contributed by atoms with Gasteiger partial charge >= 0.3 is 0 Å². The Hall–Kier alpha value is -1.72. The number of hydrogen-bond donors (Lipinski definition) is 0. The third-order valence-electron chi connectivity index (χ3n) is 3.95. The average Bonchev–Trinajstić information content (AvgIpc) is 3.04. The molecular formula is C15H17NO4. The molecule has 0 spiro atoms. The molecular weight excluding hydrogens is 258 g/mol. The Morgan fingerprint density at radius 3 is 2.15 bits per heavy atom. The van der Waals surface area contributed by atoms with Gasteiger partial charge in [-0.3, -0.25) is 14.5 Å². The van der Waals surface area contributed by atoms with Gasteiger partial charge in [-0.25, -0.2) is 0 Å². The molecule has 2 amide bonds. The fourth-order valence-electron chi connectivity index (χ4n) is 2.75. The van der Waals surface area contributed by atoms with Gasteiger partial charge in [-0.15, -0.1) is 0 Å². The Labute approximate surface area is 117 Å². The zero-order chi connectivity index (χ0) is 14.2. The summed E-state index contributed by atoms with van der Waals surface area (Å²) in [6.07, 6.45) is 1.21. The van der Waals surface area contributed by atoms with Crippen LogP contribution in [-0.2, 0) is 9.47 Å². The maximum Gasteiger partial charge on any atom is 0.261 e. The van der Waals surface area contributed by atoms with Gasteiger partial charge < -0.3 is 9.47 Å². The predicted octanol–water partition coefficient (Wildman–Crippen LogP) is 1.83. The highest BCUT2D eigenvalue weighted by Crippen LogP contribution is 2.29. The van der Waals surface area contributed by atoms with Gasteiger partial charge in [-0.2, -0.15) is 0 Å². The minimum absolute atomic E-state index is 0.227. The predicted molar refractivity (Wildman–Crippen MR) is 71.4 cm³/mol. The van der Waals surface area contributed by atoms with Crippen LogP contribution in [-0.4, -0.2) is 42.3 Å². The number of ether oxygens (including phenoxy) is 2. The van der Waals surface area contributed by atoms with E-state index >= 15 is 0 Å². The zero-order valence-corrected chi connectivity index (χ0v) is 11.4. The van der Waals surface area contributed by atoms with Crippen molar-refractivity contribution in [3.63, 3.8) is 0 Å². The quantitative estimate of drug-likeness (QED) is 0.787. The first-order valence-corrected chi connectivity index (χ1v) is 6.90. The lowest BCUT2D eigenvalue weighted by Crippen LogP contribution is -2.38. The molecule has 0 N–H and O–H groups in total. The summed E-state index contributed by atoms with van der Waals surface area (Å²) in [6, 6.07) is 6.91. The molecule has 5 heteroatoms. The van der Waals surface area contributed by atoms with E-state index in [1.54, 1.807) is 24.3 Å². The third-order valence-corrected chi connectivity index (χ3v) is 3.95. The fraction of sp³-hybridized carbons (Fsp3) is 0.467. The van der Waals surface area contributed by atoms with Gasteiger partial charge in [-0.1, -0.05) is 19.1 Å². The molecule has 0 bridgehead atoms. The molecule has 0 aromatic heterocycles. The van der Waals surface area contributed by atoms with Gasteiger partial charge in [0.2, 0.25) is 0 Å². The number of hydrogen-bond acceptors (Lipinski definition) is 4. The summed E-state index contributed by atoms with van der Waals surface area (Å²) in [4.78, 5) is 25.7. The summed E-state index contributed by atoms with van der Waals surface area (Å²) in [5, 5.41) is 0. The summed E-state index contributed by atoms with van der Waals surface area (Å²) in [5.41, 5.74) is 0.965. The second-order valence-electron chi connectivity index (χ2n) is 5.02. The maximum atomic E-state index is 12.2. The fourth-order valence-corrected chi connectivity index (χ4v) is 2.75. The van der Waals surface area contributed by atoms with Crippen LogP contribution in [0.4, 0.5) is 0 Å². The molecule has 0 radical (unpaired) electrons. The molecule has 1 aromatic carbocycles. The standard InChI is InChI=1S/C15H17NO4/c1-2-15(19-9-10-20-15)7-8-16-13(17)11-5-3-4-6-12(11)14(16)18/h3-6H,2,7-10H2,1H3. The van der Waals surface area contributed by atoms with E-state index in [-0.39, 0.29) is 11.8 Å². The van der Waals surface area contributed by atoms with Crippen molar-refractivity contribution < 1.29 is 19.1 Å². The largest absolute Gasteiger partial charge is 0.347 e. The van der Waals surface area contributed by atoms with Crippen molar-refractivity contribution in [3.8, 4) is 0 Å². The number of nitrogens with zero attached hydrogens (tertiary/aromatic N) is 1. The van der Waals surface area contributed by atoms with Crippen LogP contribution < -0.4 is 0 Å². The second kappa shape index (κ2) is 5.00. The third kappa shape index (κ3) is 2.03. The van der Waals surface area contributed by atoms with Gasteiger partial charge in [0.05, 0.1) is 24.3 Å². The molecule has 1 fully saturated rings. The average molecular weight is 275 g/mol. The van der Waals surface area contributed by atoms with Crippen molar-refractivity contribution in [1.29, 1.82) is 0 Å². The van der Waals surface area contributed by atoms with E-state index in [0.29, 0.717) is 43.7 Å². The number of benzene rings is 1. The Morgan fingerprint density at radius 2 is 1.65 bits per heavy atom. The van der Waals surface area contributed by atoms with Crippen molar-refractivity contribution in [1.82, 2.24) is 4.90 Å². The molecule has 2 heterocycles. The van der Waals surface area contributed by atoms with Crippen LogP contribution in [0.1, 0.15) is 40.5 Å². The highest BCUT2D eigenvalue weighted by atomic mass is 16.7. The lowest BCUT2D eigenvalue weighted by Gasteiger charge is -2.27. The number of carbonyl (C=O) groups excluding carboxylic acids is 2. The first-order chi connectivity index (χ1) is 9.67. The monoisotopic (exact) mass is 275 g/mol. The molecule has 3 rings (SSSR count). The number of carbonyl (C=O) groups is 2. The van der Waals surface area contributed by atoms with Crippen molar-refractivity contribution in [3.05, 3.63) is 35.4 Å². The van der Waals surface area contributed by atoms with E-state index in [0.717, 1.165) is 0 Å². The Kier molecular flexibility index (Phi) is 3.31. The van der Waals surface area contributed by atoms with Gasteiger partial charge in [-0.05, 0) is 18.6 Å². The molecule has 106 valence electrons. The van der Waals surface area contributed by atoms with Gasteiger partial charge in [0.1, 0.15) is 0 Å². The molecule has 2 aliphatic heterocycles. The van der Waals surface area contributed by atoms with E-state index in [4.69, 9.17) is 9.47 Å². The van der Waals surface area contributed by atoms with E-state index in [9.17, 15) is 9.59 Å². The molecule has 0 unspecified atom stereocenters. The first-order valence-electron chi connectivity index (χ1n) is 6.90. The van der Waals surface area contributed by atoms with E-state index in [1.165, 1.54) is 4.90 Å². The van der Waals surface area contributed by atoms with E-state index in [2.05, 4.69) is 0 Å². The normalized spacial score (nSPS) is 20.6. The van der Waals surface area contributed by atoms with Crippen molar-refractivity contribution >= 4 is 11.8 Å². The Bertz CT molecular complexity index is 514. The Morgan fingerprint density at radius 1 is 1.10 bits per heavy atom. The molecule has 20 heavy (non-hydrogen) atoms. The minimum atomic E-state index is -0.644. The number of fused-ring (bicyclic) bond motifs is 1. The highest BCUT2D eigenvalue weighted by molar-refractivity contribution is 6.21. The molecule has 5 nitrogen and oxygen atoms in total.